The molecule has 2 saturated carbocycles. The van der Waals surface area contributed by atoms with Gasteiger partial charge < -0.3 is 5.32 Å². The average Bonchev–Trinajstić information content (AvgIpc) is 3.14. The third-order valence-corrected chi connectivity index (χ3v) is 6.56. The van der Waals surface area contributed by atoms with E-state index >= 15 is 0 Å². The van der Waals surface area contributed by atoms with Crippen molar-refractivity contribution in [2.75, 3.05) is 17.1 Å². The highest BCUT2D eigenvalue weighted by molar-refractivity contribution is 7.92. The fourth-order valence-electron chi connectivity index (χ4n) is 4.18. The summed E-state index contributed by atoms with van der Waals surface area (Å²) < 4.78 is 38.2. The van der Waals surface area contributed by atoms with Crippen LogP contribution in [-0.4, -0.2) is 33.2 Å². The molecule has 2 bridgehead atoms. The Bertz CT molecular complexity index is 720. The summed E-state index contributed by atoms with van der Waals surface area (Å²) in [6, 6.07) is 5.64. The number of nitrogens with zero attached hydrogens (tertiary/aromatic N) is 1. The summed E-state index contributed by atoms with van der Waals surface area (Å²) in [4.78, 5) is 12.2. The normalized spacial score (nSPS) is 25.1. The molecule has 1 aromatic rings. The topological polar surface area (TPSA) is 66.5 Å². The van der Waals surface area contributed by atoms with Crippen molar-refractivity contribution in [1.29, 1.82) is 0 Å². The van der Waals surface area contributed by atoms with E-state index in [4.69, 9.17) is 0 Å². The van der Waals surface area contributed by atoms with Crippen LogP contribution in [0.3, 0.4) is 0 Å². The zero-order chi connectivity index (χ0) is 18.0. The Balaban J connectivity index is 1.51. The number of benzene rings is 1. The minimum absolute atomic E-state index is 0.00916. The Morgan fingerprint density at radius 1 is 1.24 bits per heavy atom. The molecular formula is C18H25FN2O3S. The zero-order valence-corrected chi connectivity index (χ0v) is 15.3. The molecule has 0 saturated heterocycles. The number of rotatable bonds is 7. The number of sulfonamides is 1. The Kier molecular flexibility index (Phi) is 5.32. The maximum absolute atomic E-state index is 13.0. The van der Waals surface area contributed by atoms with Gasteiger partial charge in [-0.3, -0.25) is 9.10 Å². The summed E-state index contributed by atoms with van der Waals surface area (Å²) in [5, 5.41) is 3.11. The molecule has 7 heteroatoms. The number of halogens is 1. The van der Waals surface area contributed by atoms with Gasteiger partial charge in [0.2, 0.25) is 15.9 Å². The molecule has 2 fully saturated rings. The number of carbonyl (C=O) groups is 1. The lowest BCUT2D eigenvalue weighted by Crippen LogP contribution is -2.39. The first kappa shape index (κ1) is 18.2. The highest BCUT2D eigenvalue weighted by atomic mass is 32.2. The molecule has 25 heavy (non-hydrogen) atoms. The fourth-order valence-corrected chi connectivity index (χ4v) is 5.14. The summed E-state index contributed by atoms with van der Waals surface area (Å²) in [6.45, 7) is 0.203. The summed E-state index contributed by atoms with van der Waals surface area (Å²) in [5.41, 5.74) is 0.414. The van der Waals surface area contributed by atoms with Gasteiger partial charge in [0, 0.05) is 19.0 Å². The molecule has 0 radical (unpaired) electrons. The number of anilines is 1. The maximum Gasteiger partial charge on any atom is 0.232 e. The number of hydrogen-bond acceptors (Lipinski definition) is 3. The zero-order valence-electron chi connectivity index (χ0n) is 14.4. The van der Waals surface area contributed by atoms with Gasteiger partial charge in [-0.15, -0.1) is 0 Å². The van der Waals surface area contributed by atoms with E-state index in [1.54, 1.807) is 0 Å². The lowest BCUT2D eigenvalue weighted by Gasteiger charge is -2.24. The summed E-state index contributed by atoms with van der Waals surface area (Å²) in [7, 11) is -3.48. The van der Waals surface area contributed by atoms with Crippen molar-refractivity contribution in [3.63, 3.8) is 0 Å². The molecule has 2 aliphatic carbocycles. The molecule has 0 aliphatic heterocycles. The molecule has 5 nitrogen and oxygen atoms in total. The maximum atomic E-state index is 13.0. The highest BCUT2D eigenvalue weighted by Crippen LogP contribution is 2.44. The van der Waals surface area contributed by atoms with Crippen molar-refractivity contribution in [3.05, 3.63) is 30.1 Å². The summed E-state index contributed by atoms with van der Waals surface area (Å²) >= 11 is 0. The third-order valence-electron chi connectivity index (χ3n) is 5.36. The Morgan fingerprint density at radius 2 is 1.96 bits per heavy atom. The molecule has 1 N–H and O–H groups in total. The molecule has 3 rings (SSSR count). The van der Waals surface area contributed by atoms with Crippen LogP contribution in [0.2, 0.25) is 0 Å². The molecule has 3 atom stereocenters. The van der Waals surface area contributed by atoms with Crippen molar-refractivity contribution >= 4 is 21.6 Å². The number of hydrogen-bond donors (Lipinski definition) is 1. The summed E-state index contributed by atoms with van der Waals surface area (Å²) in [5.74, 6) is 0.975. The number of amides is 1. The second-order valence-electron chi connectivity index (χ2n) is 7.26. The van der Waals surface area contributed by atoms with Crippen molar-refractivity contribution in [2.45, 2.75) is 44.6 Å². The van der Waals surface area contributed by atoms with Crippen LogP contribution in [0.15, 0.2) is 24.3 Å². The smallest absolute Gasteiger partial charge is 0.232 e. The number of nitrogens with one attached hydrogen (secondary N) is 1. The van der Waals surface area contributed by atoms with E-state index in [9.17, 15) is 17.6 Å². The predicted octanol–water partition coefficient (Wildman–Crippen LogP) is 2.68. The first-order chi connectivity index (χ1) is 11.8. The second kappa shape index (κ2) is 7.32. The summed E-state index contributed by atoms with van der Waals surface area (Å²) in [6.07, 6.45) is 6.66. The first-order valence-electron chi connectivity index (χ1n) is 8.85. The predicted molar refractivity (Wildman–Crippen MR) is 95.2 cm³/mol. The lowest BCUT2D eigenvalue weighted by molar-refractivity contribution is -0.122. The van der Waals surface area contributed by atoms with E-state index < -0.39 is 15.8 Å². The largest absolute Gasteiger partial charge is 0.353 e. The van der Waals surface area contributed by atoms with Gasteiger partial charge in [-0.05, 0) is 61.8 Å². The van der Waals surface area contributed by atoms with E-state index in [0.29, 0.717) is 30.5 Å². The molecule has 2 aliphatic rings. The van der Waals surface area contributed by atoms with E-state index in [0.717, 1.165) is 18.6 Å². The van der Waals surface area contributed by atoms with Crippen LogP contribution in [0.25, 0.3) is 0 Å². The van der Waals surface area contributed by atoms with Gasteiger partial charge in [-0.25, -0.2) is 12.8 Å². The van der Waals surface area contributed by atoms with E-state index in [1.807, 2.05) is 0 Å². The van der Waals surface area contributed by atoms with Crippen LogP contribution in [0.5, 0.6) is 0 Å². The van der Waals surface area contributed by atoms with E-state index in [-0.39, 0.29) is 12.5 Å². The van der Waals surface area contributed by atoms with Crippen molar-refractivity contribution < 1.29 is 17.6 Å². The monoisotopic (exact) mass is 368 g/mol. The SMILES string of the molecule is CS(=O)(=O)N(CCCC(=O)NC1CC2CCC1C2)c1ccc(F)cc1. The molecule has 0 spiro atoms. The average molecular weight is 368 g/mol. The van der Waals surface area contributed by atoms with Crippen LogP contribution < -0.4 is 9.62 Å². The van der Waals surface area contributed by atoms with Gasteiger partial charge in [-0.1, -0.05) is 6.42 Å². The second-order valence-corrected chi connectivity index (χ2v) is 9.17. The van der Waals surface area contributed by atoms with Gasteiger partial charge in [0.05, 0.1) is 11.9 Å². The van der Waals surface area contributed by atoms with E-state index in [2.05, 4.69) is 5.32 Å². The van der Waals surface area contributed by atoms with Crippen LogP contribution in [0, 0.1) is 17.7 Å². The van der Waals surface area contributed by atoms with E-state index in [1.165, 1.54) is 47.8 Å². The van der Waals surface area contributed by atoms with Gasteiger partial charge in [0.15, 0.2) is 0 Å². The Hall–Kier alpha value is -1.63. The van der Waals surface area contributed by atoms with Crippen molar-refractivity contribution in [3.8, 4) is 0 Å². The molecule has 1 aromatic carbocycles. The van der Waals surface area contributed by atoms with Crippen LogP contribution in [-0.2, 0) is 14.8 Å². The van der Waals surface area contributed by atoms with Crippen molar-refractivity contribution in [1.82, 2.24) is 5.32 Å². The molecule has 138 valence electrons. The Morgan fingerprint density at radius 3 is 2.52 bits per heavy atom. The molecular weight excluding hydrogens is 343 g/mol. The first-order valence-corrected chi connectivity index (χ1v) is 10.7. The van der Waals surface area contributed by atoms with Gasteiger partial charge in [0.25, 0.3) is 0 Å². The minimum Gasteiger partial charge on any atom is -0.353 e. The highest BCUT2D eigenvalue weighted by Gasteiger charge is 2.39. The number of carbonyl (C=O) groups excluding carboxylic acids is 1. The van der Waals surface area contributed by atoms with Crippen LogP contribution >= 0.6 is 0 Å². The standard InChI is InChI=1S/C18H25FN2O3S/c1-25(23,24)21(16-8-6-15(19)7-9-16)10-2-3-18(22)20-17-12-13-4-5-14(17)11-13/h6-9,13-14,17H,2-5,10-12H2,1H3,(H,20,22). The third kappa shape index (κ3) is 4.51. The molecule has 0 aromatic heterocycles. The van der Waals surface area contributed by atoms with Crippen LogP contribution in [0.4, 0.5) is 10.1 Å². The van der Waals surface area contributed by atoms with Gasteiger partial charge in [0.1, 0.15) is 5.82 Å². The van der Waals surface area contributed by atoms with Crippen LogP contribution in [0.1, 0.15) is 38.5 Å². The molecule has 0 heterocycles. The van der Waals surface area contributed by atoms with Gasteiger partial charge >= 0.3 is 0 Å². The quantitative estimate of drug-likeness (QED) is 0.805. The fraction of sp³-hybridized carbons (Fsp3) is 0.611. The molecule has 3 unspecified atom stereocenters. The van der Waals surface area contributed by atoms with Crippen molar-refractivity contribution in [2.24, 2.45) is 11.8 Å². The Labute approximate surface area is 148 Å². The van der Waals surface area contributed by atoms with Gasteiger partial charge in [-0.2, -0.15) is 0 Å². The lowest BCUT2D eigenvalue weighted by atomic mass is 9.95. The minimum atomic E-state index is -3.48. The number of fused-ring (bicyclic) bond motifs is 2. The molecule has 1 amide bonds.